The van der Waals surface area contributed by atoms with Gasteiger partial charge in [-0.3, -0.25) is 14.6 Å². The topological polar surface area (TPSA) is 101 Å². The van der Waals surface area contributed by atoms with Gasteiger partial charge in [0.25, 0.3) is 5.56 Å². The molecule has 1 fully saturated rings. The molecule has 0 aliphatic carbocycles. The van der Waals surface area contributed by atoms with Crippen molar-refractivity contribution in [2.24, 2.45) is 0 Å². The zero-order valence-corrected chi connectivity index (χ0v) is 21.5. The van der Waals surface area contributed by atoms with E-state index in [1.54, 1.807) is 16.8 Å². The number of pyridine rings is 1. The molecule has 10 nitrogen and oxygen atoms in total. The average molecular weight is 522 g/mol. The maximum absolute atomic E-state index is 13.4. The lowest BCUT2D eigenvalue weighted by Gasteiger charge is -2.29. The molecule has 5 rings (SSSR count). The summed E-state index contributed by atoms with van der Waals surface area (Å²) < 4.78 is 26.2. The van der Waals surface area contributed by atoms with E-state index in [1.807, 2.05) is 31.2 Å². The van der Waals surface area contributed by atoms with Gasteiger partial charge in [-0.15, -0.1) is 5.10 Å². The molecular weight excluding hydrogens is 489 g/mol. The highest BCUT2D eigenvalue weighted by Crippen LogP contribution is 2.20. The van der Waals surface area contributed by atoms with Crippen molar-refractivity contribution < 1.29 is 13.9 Å². The quantitative estimate of drug-likeness (QED) is 0.321. The Hall–Kier alpha value is -3.67. The van der Waals surface area contributed by atoms with Crippen LogP contribution >= 0.6 is 0 Å². The van der Waals surface area contributed by atoms with Crippen LogP contribution in [-0.2, 0) is 24.4 Å². The fourth-order valence-electron chi connectivity index (χ4n) is 4.59. The number of hydrogen-bond donors (Lipinski definition) is 1. The summed E-state index contributed by atoms with van der Waals surface area (Å²) in [7, 11) is 0. The smallest absolute Gasteiger partial charge is 0.252 e. The van der Waals surface area contributed by atoms with E-state index in [0.717, 1.165) is 61.6 Å². The molecule has 2 aromatic carbocycles. The number of hydrogen-bond acceptors (Lipinski definition) is 8. The van der Waals surface area contributed by atoms with Gasteiger partial charge in [0.05, 0.1) is 32.9 Å². The Morgan fingerprint density at radius 3 is 2.71 bits per heavy atom. The number of H-pyrrole nitrogens is 1. The van der Waals surface area contributed by atoms with Crippen molar-refractivity contribution in [1.29, 1.82) is 0 Å². The molecule has 1 saturated heterocycles. The Morgan fingerprint density at radius 2 is 1.92 bits per heavy atom. The van der Waals surface area contributed by atoms with Crippen molar-refractivity contribution in [3.8, 4) is 5.75 Å². The normalized spacial score (nSPS) is 14.4. The van der Waals surface area contributed by atoms with Crippen LogP contribution in [0.15, 0.2) is 53.3 Å². The van der Waals surface area contributed by atoms with Crippen LogP contribution in [-0.4, -0.2) is 81.0 Å². The molecule has 2 aromatic heterocycles. The van der Waals surface area contributed by atoms with E-state index >= 15 is 0 Å². The second kappa shape index (κ2) is 12.2. The second-order valence-electron chi connectivity index (χ2n) is 9.35. The summed E-state index contributed by atoms with van der Waals surface area (Å²) in [4.78, 5) is 20.6. The number of nitrogens with zero attached hydrogens (tertiary/aromatic N) is 6. The zero-order chi connectivity index (χ0) is 26.3. The van der Waals surface area contributed by atoms with Crippen molar-refractivity contribution >= 4 is 10.9 Å². The van der Waals surface area contributed by atoms with E-state index in [9.17, 15) is 9.18 Å². The molecule has 1 aliphatic rings. The average Bonchev–Trinajstić information content (AvgIpc) is 3.36. The second-order valence-corrected chi connectivity index (χ2v) is 9.35. The molecular formula is C27H32FN7O3. The molecule has 0 bridgehead atoms. The number of aromatic amines is 1. The lowest BCUT2D eigenvalue weighted by Crippen LogP contribution is -2.41. The summed E-state index contributed by atoms with van der Waals surface area (Å²) >= 11 is 0. The van der Waals surface area contributed by atoms with Crippen molar-refractivity contribution in [1.82, 2.24) is 35.0 Å². The summed E-state index contributed by atoms with van der Waals surface area (Å²) in [5.74, 6) is 1.16. The summed E-state index contributed by atoms with van der Waals surface area (Å²) in [6, 6.07) is 13.9. The van der Waals surface area contributed by atoms with Gasteiger partial charge in [0.1, 0.15) is 11.6 Å². The first-order valence-electron chi connectivity index (χ1n) is 12.9. The minimum Gasteiger partial charge on any atom is -0.494 e. The number of nitrogens with one attached hydrogen (secondary N) is 1. The number of tetrazole rings is 1. The highest BCUT2D eigenvalue weighted by molar-refractivity contribution is 5.80. The van der Waals surface area contributed by atoms with Crippen LogP contribution in [0.25, 0.3) is 10.9 Å². The first-order valence-corrected chi connectivity index (χ1v) is 12.9. The Balaban J connectivity index is 1.37. The Kier molecular flexibility index (Phi) is 8.37. The maximum Gasteiger partial charge on any atom is 0.252 e. The van der Waals surface area contributed by atoms with E-state index in [2.05, 4.69) is 30.3 Å². The fourth-order valence-corrected chi connectivity index (χ4v) is 4.59. The summed E-state index contributed by atoms with van der Waals surface area (Å²) in [6.45, 7) is 8.60. The van der Waals surface area contributed by atoms with Crippen molar-refractivity contribution in [2.75, 3.05) is 46.0 Å². The third-order valence-corrected chi connectivity index (χ3v) is 6.65. The molecule has 0 atom stereocenters. The molecule has 0 amide bonds. The van der Waals surface area contributed by atoms with Gasteiger partial charge in [-0.25, -0.2) is 9.07 Å². The number of aromatic nitrogens is 5. The lowest BCUT2D eigenvalue weighted by atomic mass is 10.1. The number of morpholine rings is 1. The molecule has 200 valence electrons. The van der Waals surface area contributed by atoms with Gasteiger partial charge < -0.3 is 14.5 Å². The standard InChI is InChI=1S/C27H32FN7O3/c1-2-38-24-7-8-25-21(16-24)15-22(27(36)29-25)18-34(10-9-33-11-13-37-14-12-33)19-26-30-31-32-35(26)17-20-3-5-23(28)6-4-20/h3-8,15-16H,2,9-14,17-19H2,1H3,(H,29,36). The molecule has 11 heteroatoms. The number of fused-ring (bicyclic) bond motifs is 1. The third-order valence-electron chi connectivity index (χ3n) is 6.65. The third kappa shape index (κ3) is 6.60. The summed E-state index contributed by atoms with van der Waals surface area (Å²) in [5, 5.41) is 13.2. The molecule has 3 heterocycles. The van der Waals surface area contributed by atoms with Crippen LogP contribution < -0.4 is 10.3 Å². The lowest BCUT2D eigenvalue weighted by molar-refractivity contribution is 0.0322. The van der Waals surface area contributed by atoms with E-state index in [0.29, 0.717) is 37.6 Å². The van der Waals surface area contributed by atoms with Gasteiger partial charge in [0, 0.05) is 49.2 Å². The predicted octanol–water partition coefficient (Wildman–Crippen LogP) is 2.44. The molecule has 38 heavy (non-hydrogen) atoms. The number of benzene rings is 2. The minimum atomic E-state index is -0.283. The molecule has 0 radical (unpaired) electrons. The Morgan fingerprint density at radius 1 is 1.11 bits per heavy atom. The minimum absolute atomic E-state index is 0.121. The molecule has 0 spiro atoms. The van der Waals surface area contributed by atoms with Gasteiger partial charge in [-0.1, -0.05) is 12.1 Å². The van der Waals surface area contributed by atoms with Crippen molar-refractivity contribution in [3.63, 3.8) is 0 Å². The van der Waals surface area contributed by atoms with Gasteiger partial charge in [-0.05, 0) is 59.3 Å². The Bertz CT molecular complexity index is 1400. The number of halogens is 1. The molecule has 1 N–H and O–H groups in total. The van der Waals surface area contributed by atoms with E-state index in [-0.39, 0.29) is 11.4 Å². The van der Waals surface area contributed by atoms with Gasteiger partial charge >= 0.3 is 0 Å². The van der Waals surface area contributed by atoms with Crippen molar-refractivity contribution in [3.05, 3.63) is 81.7 Å². The van der Waals surface area contributed by atoms with Crippen LogP contribution in [0.4, 0.5) is 4.39 Å². The van der Waals surface area contributed by atoms with E-state index in [4.69, 9.17) is 9.47 Å². The van der Waals surface area contributed by atoms with Crippen LogP contribution in [0.2, 0.25) is 0 Å². The molecule has 1 aliphatic heterocycles. The SMILES string of the molecule is CCOc1ccc2[nH]c(=O)c(CN(CCN3CCOCC3)Cc3nnnn3Cc3ccc(F)cc3)cc2c1. The van der Waals surface area contributed by atoms with E-state index in [1.165, 1.54) is 12.1 Å². The van der Waals surface area contributed by atoms with Crippen LogP contribution in [0.5, 0.6) is 5.75 Å². The van der Waals surface area contributed by atoms with Crippen LogP contribution in [0.3, 0.4) is 0 Å². The molecule has 4 aromatic rings. The molecule has 0 unspecified atom stereocenters. The number of ether oxygens (including phenoxy) is 2. The first-order chi connectivity index (χ1) is 18.6. The van der Waals surface area contributed by atoms with Gasteiger partial charge in [0.2, 0.25) is 0 Å². The van der Waals surface area contributed by atoms with E-state index < -0.39 is 0 Å². The zero-order valence-electron chi connectivity index (χ0n) is 21.5. The first kappa shape index (κ1) is 26.0. The monoisotopic (exact) mass is 521 g/mol. The molecule has 0 saturated carbocycles. The predicted molar refractivity (Wildman–Crippen MR) is 140 cm³/mol. The summed E-state index contributed by atoms with van der Waals surface area (Å²) in [6.07, 6.45) is 0. The Labute approximate surface area is 220 Å². The highest BCUT2D eigenvalue weighted by atomic mass is 19.1. The van der Waals surface area contributed by atoms with Crippen LogP contribution in [0.1, 0.15) is 23.9 Å². The van der Waals surface area contributed by atoms with Crippen LogP contribution in [0, 0.1) is 5.82 Å². The maximum atomic E-state index is 13.4. The van der Waals surface area contributed by atoms with Gasteiger partial charge in [0.15, 0.2) is 5.82 Å². The number of rotatable bonds is 11. The fraction of sp³-hybridized carbons (Fsp3) is 0.407. The summed E-state index contributed by atoms with van der Waals surface area (Å²) in [5.41, 5.74) is 2.20. The van der Waals surface area contributed by atoms with Gasteiger partial charge in [-0.2, -0.15) is 0 Å². The highest BCUT2D eigenvalue weighted by Gasteiger charge is 2.18. The largest absolute Gasteiger partial charge is 0.494 e. The van der Waals surface area contributed by atoms with Crippen molar-refractivity contribution in [2.45, 2.75) is 26.6 Å².